The lowest BCUT2D eigenvalue weighted by atomic mass is 10.1. The van der Waals surface area contributed by atoms with Crippen molar-refractivity contribution in [2.75, 3.05) is 18.5 Å². The summed E-state index contributed by atoms with van der Waals surface area (Å²) in [6, 6.07) is 11.9. The van der Waals surface area contributed by atoms with Crippen molar-refractivity contribution >= 4 is 21.6 Å². The fourth-order valence-electron chi connectivity index (χ4n) is 2.04. The second kappa shape index (κ2) is 6.86. The van der Waals surface area contributed by atoms with Crippen molar-refractivity contribution in [3.63, 3.8) is 0 Å². The van der Waals surface area contributed by atoms with Crippen molar-refractivity contribution in [3.8, 4) is 0 Å². The molecule has 0 fully saturated rings. The van der Waals surface area contributed by atoms with Crippen LogP contribution in [0.1, 0.15) is 24.3 Å². The highest BCUT2D eigenvalue weighted by Gasteiger charge is 2.09. The van der Waals surface area contributed by atoms with Gasteiger partial charge in [0, 0.05) is 36.4 Å². The van der Waals surface area contributed by atoms with Gasteiger partial charge < -0.3 is 10.0 Å². The van der Waals surface area contributed by atoms with Crippen molar-refractivity contribution in [1.82, 2.24) is 4.98 Å². The zero-order chi connectivity index (χ0) is 14.5. The molecule has 1 unspecified atom stereocenters. The van der Waals surface area contributed by atoms with Gasteiger partial charge in [0.2, 0.25) is 0 Å². The molecule has 0 spiro atoms. The summed E-state index contributed by atoms with van der Waals surface area (Å²) in [7, 11) is 2.06. The van der Waals surface area contributed by atoms with E-state index < -0.39 is 6.10 Å². The van der Waals surface area contributed by atoms with Gasteiger partial charge in [-0.2, -0.15) is 0 Å². The zero-order valence-electron chi connectivity index (χ0n) is 11.8. The number of anilines is 1. The number of pyridine rings is 1. The molecule has 0 amide bonds. The molecule has 1 aromatic carbocycles. The fourth-order valence-corrected chi connectivity index (χ4v) is 2.74. The molecule has 2 rings (SSSR count). The molecule has 1 atom stereocenters. The van der Waals surface area contributed by atoms with Crippen LogP contribution in [0.15, 0.2) is 47.1 Å². The molecule has 1 heterocycles. The van der Waals surface area contributed by atoms with Crippen molar-refractivity contribution in [2.24, 2.45) is 0 Å². The number of likely N-dealkylation sites (N-methyl/N-ethyl adjacent to an activating group) is 1. The molecule has 1 N–H and O–H groups in total. The van der Waals surface area contributed by atoms with Gasteiger partial charge in [0.15, 0.2) is 0 Å². The molecule has 0 saturated heterocycles. The van der Waals surface area contributed by atoms with Gasteiger partial charge in [0.1, 0.15) is 0 Å². The first-order valence-electron chi connectivity index (χ1n) is 6.66. The third-order valence-electron chi connectivity index (χ3n) is 3.29. The molecule has 106 valence electrons. The second-order valence-electron chi connectivity index (χ2n) is 4.88. The van der Waals surface area contributed by atoms with E-state index in [1.165, 1.54) is 0 Å². The summed E-state index contributed by atoms with van der Waals surface area (Å²) >= 11 is 3.57. The maximum Gasteiger partial charge on any atom is 0.0762 e. The Hall–Kier alpha value is -1.39. The average Bonchev–Trinajstić information content (AvgIpc) is 2.45. The Balaban J connectivity index is 2.04. The summed E-state index contributed by atoms with van der Waals surface area (Å²) in [6.07, 6.45) is 2.28. The van der Waals surface area contributed by atoms with Gasteiger partial charge in [0.25, 0.3) is 0 Å². The maximum absolute atomic E-state index is 9.59. The van der Waals surface area contributed by atoms with Gasteiger partial charge in [-0.3, -0.25) is 4.98 Å². The number of nitrogens with zero attached hydrogens (tertiary/aromatic N) is 2. The number of aliphatic hydroxyl groups excluding tert-OH is 1. The molecule has 0 aliphatic heterocycles. The minimum Gasteiger partial charge on any atom is -0.389 e. The molecule has 0 saturated carbocycles. The van der Waals surface area contributed by atoms with Crippen molar-refractivity contribution in [1.29, 1.82) is 0 Å². The lowest BCUT2D eigenvalue weighted by Gasteiger charge is -2.21. The summed E-state index contributed by atoms with van der Waals surface area (Å²) in [5.74, 6) is 0. The van der Waals surface area contributed by atoms with Crippen LogP contribution in [0.5, 0.6) is 0 Å². The smallest absolute Gasteiger partial charge is 0.0762 e. The summed E-state index contributed by atoms with van der Waals surface area (Å²) < 4.78 is 0.999. The van der Waals surface area contributed by atoms with Crippen LogP contribution in [0.3, 0.4) is 0 Å². The largest absolute Gasteiger partial charge is 0.389 e. The van der Waals surface area contributed by atoms with E-state index >= 15 is 0 Å². The number of benzene rings is 1. The van der Waals surface area contributed by atoms with Crippen LogP contribution in [-0.4, -0.2) is 23.7 Å². The molecule has 20 heavy (non-hydrogen) atoms. The fraction of sp³-hybridized carbons (Fsp3) is 0.312. The van der Waals surface area contributed by atoms with Crippen LogP contribution in [0.25, 0.3) is 0 Å². The Kier molecular flexibility index (Phi) is 5.15. The Labute approximate surface area is 128 Å². The first-order valence-corrected chi connectivity index (χ1v) is 7.46. The number of hydrogen-bond acceptors (Lipinski definition) is 3. The van der Waals surface area contributed by atoms with Gasteiger partial charge in [-0.05, 0) is 52.7 Å². The predicted molar refractivity (Wildman–Crippen MR) is 86.0 cm³/mol. The molecule has 3 nitrogen and oxygen atoms in total. The van der Waals surface area contributed by atoms with Crippen LogP contribution in [0, 0.1) is 0 Å². The maximum atomic E-state index is 9.59. The third kappa shape index (κ3) is 3.81. The third-order valence-corrected chi connectivity index (χ3v) is 3.93. The monoisotopic (exact) mass is 334 g/mol. The molecule has 4 heteroatoms. The van der Waals surface area contributed by atoms with E-state index in [9.17, 15) is 5.11 Å². The summed E-state index contributed by atoms with van der Waals surface area (Å²) in [4.78, 5) is 6.52. The van der Waals surface area contributed by atoms with Crippen LogP contribution >= 0.6 is 15.9 Å². The van der Waals surface area contributed by atoms with Crippen LogP contribution in [-0.2, 0) is 6.42 Å². The van der Waals surface area contributed by atoms with Gasteiger partial charge in [-0.15, -0.1) is 0 Å². The predicted octanol–water partition coefficient (Wildman–Crippen LogP) is 3.58. The Morgan fingerprint density at radius 3 is 2.70 bits per heavy atom. The summed E-state index contributed by atoms with van der Waals surface area (Å²) in [5.41, 5.74) is 3.13. The van der Waals surface area contributed by atoms with Crippen molar-refractivity contribution < 1.29 is 5.11 Å². The zero-order valence-corrected chi connectivity index (χ0v) is 13.3. The number of rotatable bonds is 5. The quantitative estimate of drug-likeness (QED) is 0.907. The standard InChI is InChI=1S/C16H19BrN2O/c1-12(20)13-6-7-16(15(17)11-13)19(2)10-8-14-5-3-4-9-18-14/h3-7,9,11-12,20H,8,10H2,1-2H3. The molecule has 0 bridgehead atoms. The number of aliphatic hydroxyl groups is 1. The van der Waals surface area contributed by atoms with Crippen LogP contribution < -0.4 is 4.90 Å². The lowest BCUT2D eigenvalue weighted by molar-refractivity contribution is 0.199. The van der Waals surface area contributed by atoms with E-state index in [1.54, 1.807) is 6.92 Å². The second-order valence-corrected chi connectivity index (χ2v) is 5.73. The van der Waals surface area contributed by atoms with Crippen LogP contribution in [0.4, 0.5) is 5.69 Å². The number of hydrogen-bond donors (Lipinski definition) is 1. The van der Waals surface area contributed by atoms with Crippen molar-refractivity contribution in [2.45, 2.75) is 19.4 Å². The number of halogens is 1. The summed E-state index contributed by atoms with van der Waals surface area (Å²) in [6.45, 7) is 2.66. The highest BCUT2D eigenvalue weighted by atomic mass is 79.9. The topological polar surface area (TPSA) is 36.4 Å². The first-order chi connectivity index (χ1) is 9.58. The Morgan fingerprint density at radius 2 is 2.10 bits per heavy atom. The highest BCUT2D eigenvalue weighted by molar-refractivity contribution is 9.10. The molecule has 0 radical (unpaired) electrons. The van der Waals surface area contributed by atoms with Gasteiger partial charge >= 0.3 is 0 Å². The van der Waals surface area contributed by atoms with E-state index in [0.29, 0.717) is 0 Å². The Bertz CT molecular complexity index is 558. The number of aromatic nitrogens is 1. The highest BCUT2D eigenvalue weighted by Crippen LogP contribution is 2.28. The minimum atomic E-state index is -0.445. The normalized spacial score (nSPS) is 12.2. The van der Waals surface area contributed by atoms with Gasteiger partial charge in [-0.25, -0.2) is 0 Å². The van der Waals surface area contributed by atoms with E-state index in [0.717, 1.165) is 34.4 Å². The Morgan fingerprint density at radius 1 is 1.30 bits per heavy atom. The molecule has 1 aromatic heterocycles. The lowest BCUT2D eigenvalue weighted by Crippen LogP contribution is -2.21. The molecule has 0 aliphatic carbocycles. The average molecular weight is 335 g/mol. The van der Waals surface area contributed by atoms with Gasteiger partial charge in [-0.1, -0.05) is 12.1 Å². The van der Waals surface area contributed by atoms with E-state index in [1.807, 2.05) is 42.6 Å². The molecular formula is C16H19BrN2O. The molecule has 0 aliphatic rings. The molecule has 2 aromatic rings. The van der Waals surface area contributed by atoms with E-state index in [-0.39, 0.29) is 0 Å². The minimum absolute atomic E-state index is 0.445. The first kappa shape index (κ1) is 15.0. The SMILES string of the molecule is CC(O)c1ccc(N(C)CCc2ccccn2)c(Br)c1. The van der Waals surface area contributed by atoms with Crippen molar-refractivity contribution in [3.05, 3.63) is 58.3 Å². The summed E-state index contributed by atoms with van der Waals surface area (Å²) in [5, 5.41) is 9.59. The molecular weight excluding hydrogens is 316 g/mol. The van der Waals surface area contributed by atoms with E-state index in [2.05, 4.69) is 32.9 Å². The van der Waals surface area contributed by atoms with E-state index in [4.69, 9.17) is 0 Å². The van der Waals surface area contributed by atoms with Gasteiger partial charge in [0.05, 0.1) is 11.8 Å². The van der Waals surface area contributed by atoms with Crippen LogP contribution in [0.2, 0.25) is 0 Å².